The highest BCUT2D eigenvalue weighted by molar-refractivity contribution is 5.81. The van der Waals surface area contributed by atoms with Crippen molar-refractivity contribution in [2.75, 3.05) is 0 Å². The van der Waals surface area contributed by atoms with Gasteiger partial charge in [-0.3, -0.25) is 10.1 Å². The van der Waals surface area contributed by atoms with Crippen molar-refractivity contribution in [1.29, 1.82) is 0 Å². The van der Waals surface area contributed by atoms with E-state index in [0.29, 0.717) is 6.54 Å². The number of hydrogen-bond donors (Lipinski definition) is 2. The van der Waals surface area contributed by atoms with Gasteiger partial charge in [-0.05, 0) is 34.6 Å². The average molecular weight is 253 g/mol. The summed E-state index contributed by atoms with van der Waals surface area (Å²) in [6, 6.07) is -0.258. The van der Waals surface area contributed by atoms with Gasteiger partial charge in [-0.25, -0.2) is 9.67 Å². The highest BCUT2D eigenvalue weighted by Crippen LogP contribution is 2.00. The van der Waals surface area contributed by atoms with Crippen molar-refractivity contribution in [3.63, 3.8) is 0 Å². The summed E-state index contributed by atoms with van der Waals surface area (Å²) in [7, 11) is 0. The molecule has 2 N–H and O–H groups in total. The van der Waals surface area contributed by atoms with Gasteiger partial charge in [-0.1, -0.05) is 0 Å². The van der Waals surface area contributed by atoms with E-state index in [1.54, 1.807) is 4.68 Å². The van der Waals surface area contributed by atoms with Crippen LogP contribution in [0, 0.1) is 0 Å². The van der Waals surface area contributed by atoms with Gasteiger partial charge in [-0.2, -0.15) is 5.10 Å². The van der Waals surface area contributed by atoms with Gasteiger partial charge in [0.15, 0.2) is 0 Å². The van der Waals surface area contributed by atoms with Crippen molar-refractivity contribution in [2.45, 2.75) is 59.3 Å². The lowest BCUT2D eigenvalue weighted by atomic mass is 10.1. The molecule has 0 radical (unpaired) electrons. The van der Waals surface area contributed by atoms with Gasteiger partial charge in [0.1, 0.15) is 12.2 Å². The number of aromatic nitrogens is 3. The normalized spacial score (nSPS) is 13.4. The summed E-state index contributed by atoms with van der Waals surface area (Å²) in [6.45, 7) is 11.1. The third-order valence-electron chi connectivity index (χ3n) is 2.45. The third-order valence-corrected chi connectivity index (χ3v) is 2.45. The molecule has 0 aliphatic carbocycles. The van der Waals surface area contributed by atoms with E-state index in [1.165, 1.54) is 6.33 Å². The van der Waals surface area contributed by atoms with Gasteiger partial charge < -0.3 is 5.32 Å². The molecule has 6 nitrogen and oxygen atoms in total. The van der Waals surface area contributed by atoms with E-state index in [9.17, 15) is 4.79 Å². The van der Waals surface area contributed by atoms with Crippen molar-refractivity contribution in [1.82, 2.24) is 25.4 Å². The van der Waals surface area contributed by atoms with Crippen LogP contribution in [0.5, 0.6) is 0 Å². The maximum absolute atomic E-state index is 11.9. The van der Waals surface area contributed by atoms with Gasteiger partial charge in [0, 0.05) is 12.1 Å². The Morgan fingerprint density at radius 2 is 2.17 bits per heavy atom. The Kier molecular flexibility index (Phi) is 4.84. The van der Waals surface area contributed by atoms with Gasteiger partial charge in [0.25, 0.3) is 0 Å². The fraction of sp³-hybridized carbons (Fsp3) is 0.750. The van der Waals surface area contributed by atoms with Crippen LogP contribution in [0.25, 0.3) is 0 Å². The van der Waals surface area contributed by atoms with Crippen LogP contribution in [0.2, 0.25) is 0 Å². The Hall–Kier alpha value is -1.43. The van der Waals surface area contributed by atoms with Crippen LogP contribution in [0.3, 0.4) is 0 Å². The van der Waals surface area contributed by atoms with Crippen molar-refractivity contribution in [3.8, 4) is 0 Å². The largest absolute Gasteiger partial charge is 0.350 e. The second-order valence-electron chi connectivity index (χ2n) is 5.33. The highest BCUT2D eigenvalue weighted by atomic mass is 16.2. The summed E-state index contributed by atoms with van der Waals surface area (Å²) < 4.78 is 1.81. The monoisotopic (exact) mass is 253 g/mol. The standard InChI is InChI=1S/C12H23N5O/c1-6-17-10(14-8-15-17)7-13-9(2)11(18)16-12(3,4)5/h8-9,13H,6-7H2,1-5H3,(H,16,18). The zero-order chi connectivity index (χ0) is 13.8. The Morgan fingerprint density at radius 3 is 2.72 bits per heavy atom. The molecule has 1 aromatic heterocycles. The SMILES string of the molecule is CCn1ncnc1CNC(C)C(=O)NC(C)(C)C. The summed E-state index contributed by atoms with van der Waals surface area (Å²) in [4.78, 5) is 16.0. The van der Waals surface area contributed by atoms with Crippen LogP contribution in [0.1, 0.15) is 40.4 Å². The van der Waals surface area contributed by atoms with E-state index in [2.05, 4.69) is 20.7 Å². The quantitative estimate of drug-likeness (QED) is 0.810. The van der Waals surface area contributed by atoms with Gasteiger partial charge in [-0.15, -0.1) is 0 Å². The first kappa shape index (κ1) is 14.6. The van der Waals surface area contributed by atoms with Gasteiger partial charge in [0.2, 0.25) is 5.91 Å². The maximum Gasteiger partial charge on any atom is 0.237 e. The second-order valence-corrected chi connectivity index (χ2v) is 5.33. The van der Waals surface area contributed by atoms with E-state index in [-0.39, 0.29) is 17.5 Å². The molecule has 1 amide bonds. The summed E-state index contributed by atoms with van der Waals surface area (Å²) in [5.74, 6) is 0.831. The minimum atomic E-state index is -0.258. The lowest BCUT2D eigenvalue weighted by Gasteiger charge is -2.23. The van der Waals surface area contributed by atoms with E-state index in [0.717, 1.165) is 12.4 Å². The van der Waals surface area contributed by atoms with Gasteiger partial charge >= 0.3 is 0 Å². The summed E-state index contributed by atoms with van der Waals surface area (Å²) >= 11 is 0. The molecule has 0 aromatic carbocycles. The first-order valence-corrected chi connectivity index (χ1v) is 6.25. The van der Waals surface area contributed by atoms with Crippen molar-refractivity contribution in [3.05, 3.63) is 12.2 Å². The topological polar surface area (TPSA) is 71.8 Å². The zero-order valence-corrected chi connectivity index (χ0v) is 11.8. The number of aryl methyl sites for hydroxylation is 1. The number of hydrogen-bond acceptors (Lipinski definition) is 4. The Labute approximate surface area is 108 Å². The molecule has 0 saturated heterocycles. The lowest BCUT2D eigenvalue weighted by molar-refractivity contribution is -0.124. The number of nitrogens with zero attached hydrogens (tertiary/aromatic N) is 3. The van der Waals surface area contributed by atoms with Crippen LogP contribution in [0.15, 0.2) is 6.33 Å². The Bertz CT molecular complexity index is 393. The van der Waals surface area contributed by atoms with Crippen LogP contribution >= 0.6 is 0 Å². The zero-order valence-electron chi connectivity index (χ0n) is 11.8. The molecule has 0 aliphatic heterocycles. The second kappa shape index (κ2) is 5.95. The predicted molar refractivity (Wildman–Crippen MR) is 69.9 cm³/mol. The smallest absolute Gasteiger partial charge is 0.237 e. The number of carbonyl (C=O) groups is 1. The molecule has 1 heterocycles. The minimum absolute atomic E-state index is 0.00920. The predicted octanol–water partition coefficient (Wildman–Crippen LogP) is 0.691. The number of amides is 1. The van der Waals surface area contributed by atoms with Crippen molar-refractivity contribution < 1.29 is 4.79 Å². The van der Waals surface area contributed by atoms with Crippen molar-refractivity contribution in [2.24, 2.45) is 0 Å². The fourth-order valence-corrected chi connectivity index (χ4v) is 1.50. The van der Waals surface area contributed by atoms with Crippen LogP contribution in [-0.4, -0.2) is 32.3 Å². The molecule has 1 unspecified atom stereocenters. The molecule has 18 heavy (non-hydrogen) atoms. The molecular weight excluding hydrogens is 230 g/mol. The Morgan fingerprint density at radius 1 is 1.50 bits per heavy atom. The maximum atomic E-state index is 11.9. The van der Waals surface area contributed by atoms with E-state index >= 15 is 0 Å². The van der Waals surface area contributed by atoms with Crippen LogP contribution in [-0.2, 0) is 17.9 Å². The molecule has 6 heteroatoms. The van der Waals surface area contributed by atoms with Crippen molar-refractivity contribution >= 4 is 5.91 Å². The first-order chi connectivity index (χ1) is 8.33. The fourth-order valence-electron chi connectivity index (χ4n) is 1.50. The molecule has 0 spiro atoms. The van der Waals surface area contributed by atoms with Crippen LogP contribution in [0.4, 0.5) is 0 Å². The first-order valence-electron chi connectivity index (χ1n) is 6.25. The van der Waals surface area contributed by atoms with E-state index in [1.807, 2.05) is 34.6 Å². The molecule has 0 fully saturated rings. The molecule has 1 atom stereocenters. The molecule has 0 bridgehead atoms. The summed E-state index contributed by atoms with van der Waals surface area (Å²) in [6.07, 6.45) is 1.53. The average Bonchev–Trinajstić information content (AvgIpc) is 2.70. The summed E-state index contributed by atoms with van der Waals surface area (Å²) in [5, 5.41) is 10.2. The molecule has 0 saturated carbocycles. The molecule has 1 aromatic rings. The number of carbonyl (C=O) groups excluding carboxylic acids is 1. The third kappa shape index (κ3) is 4.44. The highest BCUT2D eigenvalue weighted by Gasteiger charge is 2.19. The number of rotatable bonds is 5. The van der Waals surface area contributed by atoms with E-state index < -0.39 is 0 Å². The Balaban J connectivity index is 2.46. The molecule has 102 valence electrons. The summed E-state index contributed by atoms with van der Waals surface area (Å²) in [5.41, 5.74) is -0.212. The molecule has 0 aliphatic rings. The molecular formula is C12H23N5O. The van der Waals surface area contributed by atoms with Crippen LogP contribution < -0.4 is 10.6 Å². The lowest BCUT2D eigenvalue weighted by Crippen LogP contribution is -2.49. The number of nitrogens with one attached hydrogen (secondary N) is 2. The molecule has 1 rings (SSSR count). The minimum Gasteiger partial charge on any atom is -0.350 e. The van der Waals surface area contributed by atoms with Gasteiger partial charge in [0.05, 0.1) is 12.6 Å². The van der Waals surface area contributed by atoms with E-state index in [4.69, 9.17) is 0 Å².